The minimum atomic E-state index is 0. The summed E-state index contributed by atoms with van der Waals surface area (Å²) in [4.78, 5) is 0. The Morgan fingerprint density at radius 2 is 2.33 bits per heavy atom. The Morgan fingerprint density at radius 1 is 1.50 bits per heavy atom. The lowest BCUT2D eigenvalue weighted by Gasteiger charge is -1.31. The van der Waals surface area contributed by atoms with E-state index in [2.05, 4.69) is 4.37 Å². The van der Waals surface area contributed by atoms with Crippen molar-refractivity contribution in [1.29, 1.82) is 0 Å². The molecule has 0 unspecified atom stereocenters. The molecule has 0 aliphatic rings. The highest BCUT2D eigenvalue weighted by molar-refractivity contribution is 6.99. The number of nitrogens with one attached hydrogen (secondary N) is 1. The third kappa shape index (κ3) is 1.71. The fraction of sp³-hybridized carbons (Fsp3) is 0. The van der Waals surface area contributed by atoms with Crippen LogP contribution in [-0.2, 0) is 0 Å². The average Bonchev–Trinajstić information content (AvgIpc) is 1.76. The van der Waals surface area contributed by atoms with Gasteiger partial charge in [0.1, 0.15) is 11.5 Å². The van der Waals surface area contributed by atoms with Crippen molar-refractivity contribution < 1.29 is 28.4 Å². The second kappa shape index (κ2) is 3.55. The highest BCUT2D eigenvalue weighted by Gasteiger charge is 1.69. The van der Waals surface area contributed by atoms with E-state index >= 15 is 0 Å². The van der Waals surface area contributed by atoms with Crippen molar-refractivity contribution in [3.8, 4) is 0 Å². The van der Waals surface area contributed by atoms with Crippen LogP contribution in [0.4, 0.5) is 0 Å². The summed E-state index contributed by atoms with van der Waals surface area (Å²) >= 11 is 1.59. The van der Waals surface area contributed by atoms with Gasteiger partial charge >= 0.3 is 0 Å². The molecule has 1 nitrogen and oxygen atoms in total. The fourth-order valence-electron chi connectivity index (χ4n) is 0.196. The normalized spacial score (nSPS) is 6.67. The van der Waals surface area contributed by atoms with Gasteiger partial charge in [-0.3, -0.25) is 0 Å². The summed E-state index contributed by atoms with van der Waals surface area (Å²) in [6, 6.07) is 1.96. The molecule has 0 radical (unpaired) electrons. The molecule has 0 atom stereocenters. The number of hydrogen-bond donors (Lipinski definition) is 0. The molecule has 0 aromatic carbocycles. The molecule has 0 amide bonds. The maximum atomic E-state index is 2.90. The van der Waals surface area contributed by atoms with Gasteiger partial charge in [-0.1, -0.05) is 0 Å². The molecular weight excluding hydrogens is 209 g/mol. The highest BCUT2D eigenvalue weighted by Crippen LogP contribution is 1.76. The number of halogens is 1. The second-order valence-corrected chi connectivity index (χ2v) is 1.47. The summed E-state index contributed by atoms with van der Waals surface area (Å²) in [5, 5.41) is 1.99. The van der Waals surface area contributed by atoms with Crippen molar-refractivity contribution in [3.63, 3.8) is 0 Å². The third-order valence-corrected chi connectivity index (χ3v) is 0.944. The van der Waals surface area contributed by atoms with E-state index in [0.717, 1.165) is 0 Å². The Kier molecular flexibility index (Phi) is 3.76. The molecule has 1 N–H and O–H groups in total. The molecular formula is C3H4INS. The summed E-state index contributed by atoms with van der Waals surface area (Å²) in [5.41, 5.74) is 0. The third-order valence-electron chi connectivity index (χ3n) is 0.379. The van der Waals surface area contributed by atoms with Gasteiger partial charge < -0.3 is 24.0 Å². The second-order valence-electron chi connectivity index (χ2n) is 0.731. The quantitative estimate of drug-likeness (QED) is 0.425. The van der Waals surface area contributed by atoms with Gasteiger partial charge in [0, 0.05) is 6.07 Å². The fourth-order valence-corrected chi connectivity index (χ4v) is 0.589. The van der Waals surface area contributed by atoms with E-state index in [1.807, 2.05) is 17.6 Å². The lowest BCUT2D eigenvalue weighted by atomic mass is 10.8. The monoisotopic (exact) mass is 213 g/mol. The van der Waals surface area contributed by atoms with Crippen molar-refractivity contribution in [3.05, 3.63) is 17.6 Å². The minimum absolute atomic E-state index is 0. The van der Waals surface area contributed by atoms with E-state index in [9.17, 15) is 0 Å². The predicted molar refractivity (Wildman–Crippen MR) is 20.9 cm³/mol. The van der Waals surface area contributed by atoms with Crippen LogP contribution < -0.4 is 28.4 Å². The van der Waals surface area contributed by atoms with Gasteiger partial charge in [0.25, 0.3) is 0 Å². The van der Waals surface area contributed by atoms with Crippen molar-refractivity contribution in [2.24, 2.45) is 0 Å². The largest absolute Gasteiger partial charge is 1.00 e. The Balaban J connectivity index is 0.000000250. The summed E-state index contributed by atoms with van der Waals surface area (Å²) in [6.07, 6.45) is 1.89. The highest BCUT2D eigenvalue weighted by atomic mass is 127. The average molecular weight is 213 g/mol. The number of hydrogen-bond acceptors (Lipinski definition) is 1. The van der Waals surface area contributed by atoms with Gasteiger partial charge in [0.05, 0.1) is 5.38 Å². The summed E-state index contributed by atoms with van der Waals surface area (Å²) in [5.74, 6) is 0. The van der Waals surface area contributed by atoms with E-state index in [0.29, 0.717) is 0 Å². The van der Waals surface area contributed by atoms with Crippen LogP contribution in [0.5, 0.6) is 0 Å². The zero-order valence-electron chi connectivity index (χ0n) is 3.02. The molecule has 3 heteroatoms. The summed E-state index contributed by atoms with van der Waals surface area (Å²) in [6.45, 7) is 0. The van der Waals surface area contributed by atoms with E-state index in [-0.39, 0.29) is 24.0 Å². The van der Waals surface area contributed by atoms with Crippen LogP contribution in [0.2, 0.25) is 0 Å². The molecule has 0 aliphatic heterocycles. The van der Waals surface area contributed by atoms with Crippen molar-refractivity contribution in [1.82, 2.24) is 0 Å². The molecule has 34 valence electrons. The molecule has 0 bridgehead atoms. The SMILES string of the molecule is [I-].c1c[nH+]sc1. The van der Waals surface area contributed by atoms with E-state index < -0.39 is 0 Å². The minimum Gasteiger partial charge on any atom is -1.00 e. The van der Waals surface area contributed by atoms with E-state index in [4.69, 9.17) is 0 Å². The first-order valence-corrected chi connectivity index (χ1v) is 2.27. The maximum Gasteiger partial charge on any atom is 0.181 e. The van der Waals surface area contributed by atoms with Crippen molar-refractivity contribution >= 4 is 11.5 Å². The maximum absolute atomic E-state index is 2.90. The molecule has 1 heterocycles. The molecule has 0 fully saturated rings. The van der Waals surface area contributed by atoms with Gasteiger partial charge in [0.15, 0.2) is 6.20 Å². The van der Waals surface area contributed by atoms with E-state index in [1.165, 1.54) is 0 Å². The van der Waals surface area contributed by atoms with Crippen LogP contribution in [-0.4, -0.2) is 0 Å². The van der Waals surface area contributed by atoms with Gasteiger partial charge in [-0.25, -0.2) is 0 Å². The molecule has 0 spiro atoms. The molecule has 0 aliphatic carbocycles. The van der Waals surface area contributed by atoms with Gasteiger partial charge in [-0.15, -0.1) is 0 Å². The lowest BCUT2D eigenvalue weighted by molar-refractivity contribution is -0.289. The van der Waals surface area contributed by atoms with Crippen LogP contribution in [0.1, 0.15) is 0 Å². The molecule has 0 saturated carbocycles. The van der Waals surface area contributed by atoms with Crippen LogP contribution in [0, 0.1) is 0 Å². The van der Waals surface area contributed by atoms with Gasteiger partial charge in [0.2, 0.25) is 0 Å². The van der Waals surface area contributed by atoms with Crippen molar-refractivity contribution in [2.75, 3.05) is 0 Å². The first-order chi connectivity index (χ1) is 2.50. The van der Waals surface area contributed by atoms with Gasteiger partial charge in [-0.05, 0) is 0 Å². The summed E-state index contributed by atoms with van der Waals surface area (Å²) in [7, 11) is 0. The smallest absolute Gasteiger partial charge is 0.181 e. The molecule has 1 aromatic heterocycles. The summed E-state index contributed by atoms with van der Waals surface area (Å²) < 4.78 is 2.90. The number of aromatic nitrogens is 1. The zero-order chi connectivity index (χ0) is 3.54. The molecule has 1 aromatic rings. The molecule has 1 rings (SSSR count). The number of aromatic amines is 1. The van der Waals surface area contributed by atoms with Crippen LogP contribution in [0.25, 0.3) is 0 Å². The van der Waals surface area contributed by atoms with Gasteiger partial charge in [-0.2, -0.15) is 4.37 Å². The predicted octanol–water partition coefficient (Wildman–Crippen LogP) is -2.43. The first kappa shape index (κ1) is 6.36. The molecule has 6 heavy (non-hydrogen) atoms. The first-order valence-electron chi connectivity index (χ1n) is 1.40. The molecule has 0 saturated heterocycles. The Hall–Kier alpha value is 0.360. The standard InChI is InChI=1S/C3H3NS.HI/c1-2-4-5-3-1;/h1-3H;1H. The lowest BCUT2D eigenvalue weighted by Crippen LogP contribution is -3.00. The van der Waals surface area contributed by atoms with Crippen LogP contribution in [0.3, 0.4) is 0 Å². The van der Waals surface area contributed by atoms with E-state index in [1.54, 1.807) is 11.5 Å². The topological polar surface area (TPSA) is 14.1 Å². The van der Waals surface area contributed by atoms with Crippen molar-refractivity contribution in [2.45, 2.75) is 0 Å². The number of rotatable bonds is 0. The Bertz CT molecular complexity index is 67.3. The Morgan fingerprint density at radius 3 is 2.50 bits per heavy atom. The van der Waals surface area contributed by atoms with Crippen LogP contribution in [0.15, 0.2) is 17.6 Å². The Labute approximate surface area is 57.6 Å². The number of H-pyrrole nitrogens is 1. The zero-order valence-corrected chi connectivity index (χ0v) is 5.99. The van der Waals surface area contributed by atoms with Crippen LogP contribution >= 0.6 is 11.5 Å².